The van der Waals surface area contributed by atoms with Gasteiger partial charge in [-0.25, -0.2) is 10.9 Å². The molecule has 2 aromatic carbocycles. The Morgan fingerprint density at radius 3 is 2.55 bits per heavy atom. The quantitative estimate of drug-likeness (QED) is 0.652. The van der Waals surface area contributed by atoms with E-state index < -0.39 is 6.23 Å². The van der Waals surface area contributed by atoms with Crippen LogP contribution >= 0.6 is 0 Å². The summed E-state index contributed by atoms with van der Waals surface area (Å²) in [6, 6.07) is 15.6. The van der Waals surface area contributed by atoms with Crippen LogP contribution in [0.25, 0.3) is 0 Å². The minimum atomic E-state index is -0.421. The molecule has 4 unspecified atom stereocenters. The van der Waals surface area contributed by atoms with Gasteiger partial charge >= 0.3 is 0 Å². The number of nitriles is 1. The summed E-state index contributed by atoms with van der Waals surface area (Å²) in [4.78, 5) is 0. The molecule has 4 N–H and O–H groups in total. The number of fused-ring (bicyclic) bond motifs is 1. The van der Waals surface area contributed by atoms with E-state index >= 15 is 0 Å². The molecule has 0 aliphatic carbocycles. The molecule has 1 fully saturated rings. The van der Waals surface area contributed by atoms with Gasteiger partial charge in [-0.15, -0.1) is 0 Å². The second kappa shape index (κ2) is 8.76. The fraction of sp³-hybridized carbons (Fsp3) is 0.348. The zero-order valence-electron chi connectivity index (χ0n) is 17.7. The summed E-state index contributed by atoms with van der Waals surface area (Å²) < 4.78 is 22.6. The molecule has 2 heterocycles. The average Bonchev–Trinajstić information content (AvgIpc) is 3.21. The smallest absolute Gasteiger partial charge is 0.200 e. The Morgan fingerprint density at radius 2 is 1.84 bits per heavy atom. The van der Waals surface area contributed by atoms with E-state index in [4.69, 9.17) is 24.7 Å². The minimum absolute atomic E-state index is 0.127. The predicted octanol–water partition coefficient (Wildman–Crippen LogP) is 2.70. The van der Waals surface area contributed by atoms with Crippen molar-refractivity contribution in [3.63, 3.8) is 0 Å². The van der Waals surface area contributed by atoms with Gasteiger partial charge in [-0.2, -0.15) is 5.26 Å². The maximum absolute atomic E-state index is 9.96. The number of nitrogens with one attached hydrogen (secondary N) is 2. The van der Waals surface area contributed by atoms with Gasteiger partial charge in [0.15, 0.2) is 17.7 Å². The Morgan fingerprint density at radius 1 is 1.06 bits per heavy atom. The first kappa shape index (κ1) is 20.8. The summed E-state index contributed by atoms with van der Waals surface area (Å²) >= 11 is 0. The molecule has 2 aliphatic rings. The molecule has 0 aromatic heterocycles. The van der Waals surface area contributed by atoms with Crippen LogP contribution in [-0.4, -0.2) is 27.1 Å². The summed E-state index contributed by atoms with van der Waals surface area (Å²) in [5.74, 6) is 1.64. The van der Waals surface area contributed by atoms with Crippen molar-refractivity contribution in [1.82, 2.24) is 10.9 Å². The topological polar surface area (TPSA) is 111 Å². The normalized spacial score (nSPS) is 24.7. The maximum atomic E-state index is 9.96. The predicted molar refractivity (Wildman–Crippen MR) is 114 cm³/mol. The molecule has 0 bridgehead atoms. The summed E-state index contributed by atoms with van der Waals surface area (Å²) in [5, 5.41) is 9.96. The Balaban J connectivity index is 1.83. The minimum Gasteiger partial charge on any atom is -0.494 e. The van der Waals surface area contributed by atoms with Crippen LogP contribution in [0.3, 0.4) is 0 Å². The van der Waals surface area contributed by atoms with E-state index in [9.17, 15) is 5.26 Å². The zero-order valence-corrected chi connectivity index (χ0v) is 17.7. The van der Waals surface area contributed by atoms with Crippen molar-refractivity contribution in [3.8, 4) is 23.3 Å². The third-order valence-corrected chi connectivity index (χ3v) is 5.77. The van der Waals surface area contributed by atoms with Gasteiger partial charge < -0.3 is 24.7 Å². The summed E-state index contributed by atoms with van der Waals surface area (Å²) in [5.41, 5.74) is 14.9. The van der Waals surface area contributed by atoms with Crippen LogP contribution in [0.2, 0.25) is 0 Å². The van der Waals surface area contributed by atoms with Gasteiger partial charge in [0, 0.05) is 17.4 Å². The molecule has 4 rings (SSSR count). The number of nitrogens with zero attached hydrogens (tertiary/aromatic N) is 1. The Bertz CT molecular complexity index is 1030. The molecular weight excluding hydrogens is 396 g/mol. The van der Waals surface area contributed by atoms with E-state index in [-0.39, 0.29) is 23.8 Å². The Hall–Kier alpha value is -3.41. The average molecular weight is 422 g/mol. The second-order valence-corrected chi connectivity index (χ2v) is 7.33. The second-order valence-electron chi connectivity index (χ2n) is 7.33. The number of nitrogens with two attached hydrogens (primary N) is 1. The van der Waals surface area contributed by atoms with E-state index in [1.54, 1.807) is 14.2 Å². The first-order chi connectivity index (χ1) is 15.1. The number of hydrogen-bond donors (Lipinski definition) is 3. The monoisotopic (exact) mass is 422 g/mol. The van der Waals surface area contributed by atoms with Gasteiger partial charge in [0.1, 0.15) is 11.8 Å². The number of ether oxygens (including phenoxy) is 4. The lowest BCUT2D eigenvalue weighted by atomic mass is 9.74. The summed E-state index contributed by atoms with van der Waals surface area (Å²) in [7, 11) is 3.21. The van der Waals surface area contributed by atoms with E-state index in [0.717, 1.165) is 16.9 Å². The molecule has 2 aliphatic heterocycles. The van der Waals surface area contributed by atoms with Crippen molar-refractivity contribution < 1.29 is 18.9 Å². The summed E-state index contributed by atoms with van der Waals surface area (Å²) in [6.07, 6.45) is -0.421. The molecule has 0 spiro atoms. The highest BCUT2D eigenvalue weighted by atomic mass is 16.5. The molecule has 8 heteroatoms. The Labute approximate surface area is 181 Å². The molecule has 8 nitrogen and oxygen atoms in total. The first-order valence-electron chi connectivity index (χ1n) is 10.1. The van der Waals surface area contributed by atoms with Crippen LogP contribution in [0.5, 0.6) is 17.2 Å². The van der Waals surface area contributed by atoms with Gasteiger partial charge in [0.2, 0.25) is 5.88 Å². The van der Waals surface area contributed by atoms with Crippen LogP contribution in [0.1, 0.15) is 30.0 Å². The van der Waals surface area contributed by atoms with E-state index in [2.05, 4.69) is 16.9 Å². The molecule has 0 amide bonds. The Kier molecular flexibility index (Phi) is 5.89. The van der Waals surface area contributed by atoms with Crippen LogP contribution in [0.4, 0.5) is 0 Å². The van der Waals surface area contributed by atoms with Crippen LogP contribution in [0, 0.1) is 17.2 Å². The summed E-state index contributed by atoms with van der Waals surface area (Å²) in [6.45, 7) is 2.45. The highest BCUT2D eigenvalue weighted by Crippen LogP contribution is 2.50. The van der Waals surface area contributed by atoms with Crippen molar-refractivity contribution in [1.29, 1.82) is 5.26 Å². The highest BCUT2D eigenvalue weighted by Gasteiger charge is 2.50. The van der Waals surface area contributed by atoms with Crippen molar-refractivity contribution in [2.75, 3.05) is 20.8 Å². The largest absolute Gasteiger partial charge is 0.494 e. The van der Waals surface area contributed by atoms with Crippen molar-refractivity contribution in [2.24, 2.45) is 11.7 Å². The van der Waals surface area contributed by atoms with Gasteiger partial charge in [0.25, 0.3) is 0 Å². The standard InChI is InChI=1S/C23H26N4O4/c1-4-30-16-8-6-5-7-14(16)19-15(12-24)22(25)31-23-20(19)21(26-27-23)13-9-10-17(28-2)18(11-13)29-3/h5-11,19-21,23,26-27H,4,25H2,1-3H3. The third kappa shape index (κ3) is 3.63. The molecule has 2 aromatic rings. The number of allylic oxidation sites excluding steroid dienone is 1. The number of methoxy groups -OCH3 is 2. The van der Waals surface area contributed by atoms with Crippen LogP contribution < -0.4 is 30.8 Å². The van der Waals surface area contributed by atoms with Crippen molar-refractivity contribution in [3.05, 3.63) is 65.0 Å². The van der Waals surface area contributed by atoms with Crippen molar-refractivity contribution >= 4 is 0 Å². The van der Waals surface area contributed by atoms with Gasteiger partial charge in [-0.05, 0) is 30.7 Å². The fourth-order valence-electron chi connectivity index (χ4n) is 4.42. The van der Waals surface area contributed by atoms with Gasteiger partial charge in [-0.3, -0.25) is 0 Å². The molecule has 0 radical (unpaired) electrons. The van der Waals surface area contributed by atoms with Crippen molar-refractivity contribution in [2.45, 2.75) is 25.1 Å². The van der Waals surface area contributed by atoms with Gasteiger partial charge in [-0.1, -0.05) is 24.3 Å². The lowest BCUT2D eigenvalue weighted by molar-refractivity contribution is 0.0337. The zero-order chi connectivity index (χ0) is 22.0. The van der Waals surface area contributed by atoms with E-state index in [0.29, 0.717) is 23.7 Å². The molecule has 0 saturated carbocycles. The molecule has 162 valence electrons. The fourth-order valence-corrected chi connectivity index (χ4v) is 4.42. The number of hydrogen-bond acceptors (Lipinski definition) is 8. The van der Waals surface area contributed by atoms with E-state index in [1.807, 2.05) is 49.4 Å². The number of para-hydroxylation sites is 1. The highest BCUT2D eigenvalue weighted by molar-refractivity contribution is 5.49. The SMILES string of the molecule is CCOc1ccccc1C1C(C#N)=C(N)OC2NNC(c3ccc(OC)c(OC)c3)C21. The number of rotatable bonds is 6. The molecule has 4 atom stereocenters. The maximum Gasteiger partial charge on any atom is 0.200 e. The first-order valence-corrected chi connectivity index (χ1v) is 10.1. The van der Waals surface area contributed by atoms with E-state index in [1.165, 1.54) is 0 Å². The lowest BCUT2D eigenvalue weighted by Crippen LogP contribution is -2.41. The van der Waals surface area contributed by atoms with Crippen LogP contribution in [-0.2, 0) is 4.74 Å². The van der Waals surface area contributed by atoms with Gasteiger partial charge in [0.05, 0.1) is 32.4 Å². The number of hydrazine groups is 1. The number of benzene rings is 2. The molecular formula is C23H26N4O4. The third-order valence-electron chi connectivity index (χ3n) is 5.77. The molecule has 1 saturated heterocycles. The lowest BCUT2D eigenvalue weighted by Gasteiger charge is -2.36. The van der Waals surface area contributed by atoms with Crippen LogP contribution in [0.15, 0.2) is 53.9 Å². The molecule has 31 heavy (non-hydrogen) atoms.